The van der Waals surface area contributed by atoms with Gasteiger partial charge in [-0.15, -0.1) is 11.3 Å². The van der Waals surface area contributed by atoms with Gasteiger partial charge in [0.15, 0.2) is 10.3 Å². The summed E-state index contributed by atoms with van der Waals surface area (Å²) in [6.07, 6.45) is 1.83. The molecule has 2 aromatic heterocycles. The van der Waals surface area contributed by atoms with E-state index in [9.17, 15) is 4.79 Å². The minimum absolute atomic E-state index is 0.184. The van der Waals surface area contributed by atoms with Crippen molar-refractivity contribution in [2.24, 2.45) is 0 Å². The molecule has 0 bridgehead atoms. The summed E-state index contributed by atoms with van der Waals surface area (Å²) in [5.74, 6) is 0.615. The molecule has 0 aliphatic carbocycles. The van der Waals surface area contributed by atoms with E-state index in [1.807, 2.05) is 34.7 Å². The van der Waals surface area contributed by atoms with Gasteiger partial charge in [-0.1, -0.05) is 23.9 Å². The molecule has 0 atom stereocenters. The summed E-state index contributed by atoms with van der Waals surface area (Å²) in [7, 11) is 0. The number of rotatable bonds is 5. The molecule has 0 spiro atoms. The molecule has 26 heavy (non-hydrogen) atoms. The molecular formula is C18H21N5OS2. The highest BCUT2D eigenvalue weighted by Crippen LogP contribution is 2.25. The van der Waals surface area contributed by atoms with E-state index in [4.69, 9.17) is 0 Å². The maximum atomic E-state index is 12.6. The molecule has 1 amide bonds. The van der Waals surface area contributed by atoms with E-state index in [1.165, 1.54) is 11.8 Å². The van der Waals surface area contributed by atoms with E-state index < -0.39 is 0 Å². The number of fused-ring (bicyclic) bond motifs is 1. The average Bonchev–Trinajstić information content (AvgIpc) is 3.33. The molecule has 1 aromatic carbocycles. The van der Waals surface area contributed by atoms with E-state index >= 15 is 0 Å². The Hall–Kier alpha value is -2.06. The monoisotopic (exact) mass is 387 g/mol. The number of imidazole rings is 1. The van der Waals surface area contributed by atoms with Gasteiger partial charge in [0.25, 0.3) is 0 Å². The number of hydrogen-bond donors (Lipinski definition) is 0. The number of para-hydroxylation sites is 2. The van der Waals surface area contributed by atoms with Crippen molar-refractivity contribution < 1.29 is 4.79 Å². The lowest BCUT2D eigenvalue weighted by molar-refractivity contribution is -0.128. The molecule has 4 rings (SSSR count). The van der Waals surface area contributed by atoms with E-state index in [1.54, 1.807) is 11.3 Å². The third kappa shape index (κ3) is 3.43. The number of aromatic nitrogens is 3. The number of hydrogen-bond acceptors (Lipinski definition) is 6. The number of carbonyl (C=O) groups is 1. The normalized spacial score (nSPS) is 15.0. The zero-order chi connectivity index (χ0) is 17.9. The van der Waals surface area contributed by atoms with Gasteiger partial charge < -0.3 is 14.4 Å². The molecule has 136 valence electrons. The Kier molecular flexibility index (Phi) is 5.12. The molecule has 1 saturated heterocycles. The van der Waals surface area contributed by atoms with Gasteiger partial charge in [0.05, 0.1) is 16.8 Å². The first-order valence-electron chi connectivity index (χ1n) is 8.76. The number of thiazole rings is 1. The Balaban J connectivity index is 1.36. The second-order valence-electron chi connectivity index (χ2n) is 6.10. The predicted molar refractivity (Wildman–Crippen MR) is 107 cm³/mol. The second-order valence-corrected chi connectivity index (χ2v) is 7.91. The maximum Gasteiger partial charge on any atom is 0.233 e. The van der Waals surface area contributed by atoms with Crippen LogP contribution in [0.2, 0.25) is 0 Å². The quantitative estimate of drug-likeness (QED) is 0.630. The Morgan fingerprint density at radius 2 is 2.04 bits per heavy atom. The summed E-state index contributed by atoms with van der Waals surface area (Å²) in [6, 6.07) is 8.12. The summed E-state index contributed by atoms with van der Waals surface area (Å²) >= 11 is 3.18. The van der Waals surface area contributed by atoms with Crippen LogP contribution < -0.4 is 4.90 Å². The topological polar surface area (TPSA) is 54.3 Å². The predicted octanol–water partition coefficient (Wildman–Crippen LogP) is 2.95. The van der Waals surface area contributed by atoms with Crippen LogP contribution in [0.1, 0.15) is 6.92 Å². The van der Waals surface area contributed by atoms with Crippen molar-refractivity contribution in [3.8, 4) is 0 Å². The SMILES string of the molecule is CCn1c(SCC(=O)N2CCN(c3nccs3)CC2)nc2ccccc21. The molecule has 0 radical (unpaired) electrons. The largest absolute Gasteiger partial charge is 0.345 e. The highest BCUT2D eigenvalue weighted by Gasteiger charge is 2.23. The minimum Gasteiger partial charge on any atom is -0.345 e. The molecule has 0 N–H and O–H groups in total. The fraction of sp³-hybridized carbons (Fsp3) is 0.389. The van der Waals surface area contributed by atoms with Gasteiger partial charge in [0.2, 0.25) is 5.91 Å². The Bertz CT molecular complexity index is 884. The van der Waals surface area contributed by atoms with E-state index in [2.05, 4.69) is 32.4 Å². The Morgan fingerprint density at radius 1 is 1.23 bits per heavy atom. The van der Waals surface area contributed by atoms with Crippen LogP contribution in [0.25, 0.3) is 11.0 Å². The van der Waals surface area contributed by atoms with Crippen LogP contribution in [0.3, 0.4) is 0 Å². The fourth-order valence-corrected chi connectivity index (χ4v) is 4.88. The molecule has 1 aliphatic rings. The number of aryl methyl sites for hydroxylation is 1. The van der Waals surface area contributed by atoms with E-state index in [0.29, 0.717) is 5.75 Å². The van der Waals surface area contributed by atoms with Gasteiger partial charge in [-0.05, 0) is 19.1 Å². The molecule has 3 aromatic rings. The van der Waals surface area contributed by atoms with Crippen LogP contribution in [0.15, 0.2) is 41.0 Å². The van der Waals surface area contributed by atoms with E-state index in [-0.39, 0.29) is 5.91 Å². The maximum absolute atomic E-state index is 12.6. The van der Waals surface area contributed by atoms with Crippen LogP contribution in [-0.2, 0) is 11.3 Å². The summed E-state index contributed by atoms with van der Waals surface area (Å²) < 4.78 is 2.17. The van der Waals surface area contributed by atoms with Crippen molar-refractivity contribution in [3.05, 3.63) is 35.8 Å². The first kappa shape index (κ1) is 17.4. The number of nitrogens with zero attached hydrogens (tertiary/aromatic N) is 5. The lowest BCUT2D eigenvalue weighted by Crippen LogP contribution is -2.49. The number of carbonyl (C=O) groups excluding carboxylic acids is 1. The van der Waals surface area contributed by atoms with Crippen molar-refractivity contribution in [1.82, 2.24) is 19.4 Å². The molecule has 8 heteroatoms. The van der Waals surface area contributed by atoms with Gasteiger partial charge >= 0.3 is 0 Å². The van der Waals surface area contributed by atoms with Gasteiger partial charge in [-0.3, -0.25) is 4.79 Å². The summed E-state index contributed by atoms with van der Waals surface area (Å²) in [6.45, 7) is 6.16. The van der Waals surface area contributed by atoms with Crippen molar-refractivity contribution in [1.29, 1.82) is 0 Å². The Morgan fingerprint density at radius 3 is 2.77 bits per heavy atom. The van der Waals surface area contributed by atoms with Crippen LogP contribution in [0, 0.1) is 0 Å². The molecule has 1 fully saturated rings. The van der Waals surface area contributed by atoms with Crippen LogP contribution in [0.5, 0.6) is 0 Å². The summed E-state index contributed by atoms with van der Waals surface area (Å²) in [5.41, 5.74) is 2.11. The Labute approximate surface area is 160 Å². The van der Waals surface area contributed by atoms with E-state index in [0.717, 1.165) is 54.0 Å². The lowest BCUT2D eigenvalue weighted by Gasteiger charge is -2.34. The molecular weight excluding hydrogens is 366 g/mol. The van der Waals surface area contributed by atoms with Gasteiger partial charge in [-0.25, -0.2) is 9.97 Å². The number of anilines is 1. The number of thioether (sulfide) groups is 1. The zero-order valence-electron chi connectivity index (χ0n) is 14.7. The van der Waals surface area contributed by atoms with Gasteiger partial charge in [0.1, 0.15) is 0 Å². The number of piperazine rings is 1. The highest BCUT2D eigenvalue weighted by atomic mass is 32.2. The first-order valence-corrected chi connectivity index (χ1v) is 10.6. The van der Waals surface area contributed by atoms with Gasteiger partial charge in [-0.2, -0.15) is 0 Å². The molecule has 3 heterocycles. The molecule has 6 nitrogen and oxygen atoms in total. The smallest absolute Gasteiger partial charge is 0.233 e. The van der Waals surface area contributed by atoms with Gasteiger partial charge in [0, 0.05) is 44.3 Å². The van der Waals surface area contributed by atoms with Crippen molar-refractivity contribution in [2.75, 3.05) is 36.8 Å². The molecule has 1 aliphatic heterocycles. The minimum atomic E-state index is 0.184. The molecule has 0 unspecified atom stereocenters. The van der Waals surface area contributed by atoms with Crippen LogP contribution in [-0.4, -0.2) is 57.3 Å². The number of benzene rings is 1. The number of amides is 1. The standard InChI is InChI=1S/C18H21N5OS2/c1-2-23-15-6-4-3-5-14(15)20-18(23)26-13-16(24)21-8-10-22(11-9-21)17-19-7-12-25-17/h3-7,12H,2,8-11,13H2,1H3. The fourth-order valence-electron chi connectivity index (χ4n) is 3.21. The van der Waals surface area contributed by atoms with Crippen LogP contribution >= 0.6 is 23.1 Å². The second kappa shape index (κ2) is 7.67. The highest BCUT2D eigenvalue weighted by molar-refractivity contribution is 7.99. The summed E-state index contributed by atoms with van der Waals surface area (Å²) in [5, 5.41) is 3.95. The first-order chi connectivity index (χ1) is 12.8. The lowest BCUT2D eigenvalue weighted by atomic mass is 10.3. The molecule has 0 saturated carbocycles. The summed E-state index contributed by atoms with van der Waals surface area (Å²) in [4.78, 5) is 25.9. The van der Waals surface area contributed by atoms with Crippen LogP contribution in [0.4, 0.5) is 5.13 Å². The average molecular weight is 388 g/mol. The third-order valence-electron chi connectivity index (χ3n) is 4.58. The van der Waals surface area contributed by atoms with Crippen molar-refractivity contribution in [2.45, 2.75) is 18.6 Å². The zero-order valence-corrected chi connectivity index (χ0v) is 16.3. The third-order valence-corrected chi connectivity index (χ3v) is 6.38. The van der Waals surface area contributed by atoms with Crippen molar-refractivity contribution in [3.63, 3.8) is 0 Å². The van der Waals surface area contributed by atoms with Crippen molar-refractivity contribution >= 4 is 45.2 Å².